The molecule has 1 amide bonds. The third kappa shape index (κ3) is 4.53. The summed E-state index contributed by atoms with van der Waals surface area (Å²) in [6.45, 7) is 2.87. The van der Waals surface area contributed by atoms with Crippen molar-refractivity contribution in [2.75, 3.05) is 25.0 Å². The molecule has 7 nitrogen and oxygen atoms in total. The Morgan fingerprint density at radius 2 is 2.43 bits per heavy atom. The van der Waals surface area contributed by atoms with Gasteiger partial charge < -0.3 is 15.4 Å². The Bertz CT molecular complexity index is 623. The van der Waals surface area contributed by atoms with Gasteiger partial charge >= 0.3 is 0 Å². The molecule has 122 valence electrons. The smallest absolute Gasteiger partial charge is 0.228 e. The fourth-order valence-electron chi connectivity index (χ4n) is 2.59. The van der Waals surface area contributed by atoms with Crippen LogP contribution in [0.3, 0.4) is 0 Å². The van der Waals surface area contributed by atoms with E-state index in [0.29, 0.717) is 13.2 Å². The fourth-order valence-corrected chi connectivity index (χ4v) is 2.59. The van der Waals surface area contributed by atoms with E-state index in [-0.39, 0.29) is 11.8 Å². The first-order chi connectivity index (χ1) is 11.3. The molecular formula is C16H21N5O2. The second kappa shape index (κ2) is 7.73. The molecule has 7 heteroatoms. The molecular weight excluding hydrogens is 294 g/mol. The number of hydrogen-bond donors (Lipinski definition) is 2. The molecule has 0 saturated carbocycles. The van der Waals surface area contributed by atoms with Gasteiger partial charge in [0.1, 0.15) is 25.0 Å². The summed E-state index contributed by atoms with van der Waals surface area (Å²) >= 11 is 0. The number of anilines is 1. The van der Waals surface area contributed by atoms with Crippen molar-refractivity contribution in [3.63, 3.8) is 0 Å². The van der Waals surface area contributed by atoms with Gasteiger partial charge in [0.25, 0.3) is 0 Å². The molecule has 1 saturated heterocycles. The second-order valence-electron chi connectivity index (χ2n) is 5.57. The number of amides is 1. The number of rotatable bonds is 6. The molecule has 2 N–H and O–H groups in total. The molecule has 2 aromatic rings. The number of benzene rings is 1. The normalized spacial score (nSPS) is 17.7. The van der Waals surface area contributed by atoms with E-state index >= 15 is 0 Å². The first-order valence-electron chi connectivity index (χ1n) is 7.88. The lowest BCUT2D eigenvalue weighted by molar-refractivity contribution is -0.120. The predicted molar refractivity (Wildman–Crippen MR) is 86.2 cm³/mol. The maximum absolute atomic E-state index is 12.2. The van der Waals surface area contributed by atoms with E-state index in [9.17, 15) is 4.79 Å². The molecule has 1 unspecified atom stereocenters. The van der Waals surface area contributed by atoms with Gasteiger partial charge in [-0.3, -0.25) is 4.79 Å². The summed E-state index contributed by atoms with van der Waals surface area (Å²) in [5.41, 5.74) is 0.763. The number of piperidine rings is 1. The molecule has 1 aliphatic heterocycles. The van der Waals surface area contributed by atoms with E-state index in [1.165, 1.54) is 6.33 Å². The lowest BCUT2D eigenvalue weighted by atomic mass is 9.99. The molecule has 1 fully saturated rings. The van der Waals surface area contributed by atoms with E-state index in [0.717, 1.165) is 37.4 Å². The van der Waals surface area contributed by atoms with Crippen LogP contribution in [-0.4, -0.2) is 40.4 Å². The van der Waals surface area contributed by atoms with Gasteiger partial charge in [-0.1, -0.05) is 6.07 Å². The van der Waals surface area contributed by atoms with Crippen LogP contribution in [0.25, 0.3) is 0 Å². The molecule has 0 aliphatic carbocycles. The van der Waals surface area contributed by atoms with E-state index in [1.54, 1.807) is 11.0 Å². The van der Waals surface area contributed by atoms with Crippen LogP contribution >= 0.6 is 0 Å². The topological polar surface area (TPSA) is 81.1 Å². The Kier molecular flexibility index (Phi) is 5.21. The predicted octanol–water partition coefficient (Wildman–Crippen LogP) is 1.30. The zero-order valence-corrected chi connectivity index (χ0v) is 12.9. The minimum absolute atomic E-state index is 0.0423. The second-order valence-corrected chi connectivity index (χ2v) is 5.57. The molecule has 2 heterocycles. The molecule has 1 aromatic carbocycles. The molecule has 23 heavy (non-hydrogen) atoms. The van der Waals surface area contributed by atoms with Crippen molar-refractivity contribution in [3.05, 3.63) is 36.9 Å². The summed E-state index contributed by atoms with van der Waals surface area (Å²) in [6.07, 6.45) is 5.13. The highest BCUT2D eigenvalue weighted by Crippen LogP contribution is 2.19. The fraction of sp³-hybridized carbons (Fsp3) is 0.438. The van der Waals surface area contributed by atoms with Gasteiger partial charge in [-0.15, -0.1) is 0 Å². The largest absolute Gasteiger partial charge is 0.492 e. The summed E-state index contributed by atoms with van der Waals surface area (Å²) in [5.74, 6) is 0.835. The van der Waals surface area contributed by atoms with Crippen molar-refractivity contribution in [2.45, 2.75) is 19.4 Å². The quantitative estimate of drug-likeness (QED) is 0.839. The highest BCUT2D eigenvalue weighted by Gasteiger charge is 2.20. The molecule has 1 atom stereocenters. The van der Waals surface area contributed by atoms with Crippen LogP contribution in [0.4, 0.5) is 5.69 Å². The lowest BCUT2D eigenvalue weighted by Gasteiger charge is -2.22. The van der Waals surface area contributed by atoms with E-state index in [2.05, 4.69) is 20.7 Å². The highest BCUT2D eigenvalue weighted by molar-refractivity contribution is 5.92. The van der Waals surface area contributed by atoms with Crippen LogP contribution in [0.2, 0.25) is 0 Å². The summed E-state index contributed by atoms with van der Waals surface area (Å²) in [7, 11) is 0. The number of aromatic nitrogens is 3. The average Bonchev–Trinajstić information content (AvgIpc) is 3.09. The minimum atomic E-state index is 0.0423. The van der Waals surface area contributed by atoms with Gasteiger partial charge in [0.15, 0.2) is 0 Å². The molecule has 0 bridgehead atoms. The Balaban J connectivity index is 1.51. The molecule has 1 aromatic heterocycles. The van der Waals surface area contributed by atoms with Crippen molar-refractivity contribution >= 4 is 11.6 Å². The number of carbonyl (C=O) groups excluding carboxylic acids is 1. The first kappa shape index (κ1) is 15.5. The monoisotopic (exact) mass is 315 g/mol. The third-order valence-corrected chi connectivity index (χ3v) is 3.82. The van der Waals surface area contributed by atoms with Crippen molar-refractivity contribution in [3.8, 4) is 5.75 Å². The average molecular weight is 315 g/mol. The van der Waals surface area contributed by atoms with E-state index < -0.39 is 0 Å². The standard InChI is InChI=1S/C16H21N5O2/c22-16(13-3-2-6-17-10-13)20-14-4-1-5-15(9-14)23-8-7-21-12-18-11-19-21/h1,4-5,9,11-13,17H,2-3,6-8,10H2,(H,20,22). The van der Waals surface area contributed by atoms with Crippen LogP contribution in [0.1, 0.15) is 12.8 Å². The lowest BCUT2D eigenvalue weighted by Crippen LogP contribution is -2.37. The number of nitrogens with one attached hydrogen (secondary N) is 2. The zero-order chi connectivity index (χ0) is 15.9. The Labute approximate surface area is 135 Å². The molecule has 0 radical (unpaired) electrons. The Morgan fingerprint density at radius 3 is 3.22 bits per heavy atom. The first-order valence-corrected chi connectivity index (χ1v) is 7.88. The summed E-state index contributed by atoms with van der Waals surface area (Å²) in [6, 6.07) is 7.46. The third-order valence-electron chi connectivity index (χ3n) is 3.82. The van der Waals surface area contributed by atoms with Crippen LogP contribution in [0.5, 0.6) is 5.75 Å². The number of nitrogens with zero attached hydrogens (tertiary/aromatic N) is 3. The summed E-state index contributed by atoms with van der Waals surface area (Å²) in [5, 5.41) is 10.2. The minimum Gasteiger partial charge on any atom is -0.492 e. The van der Waals surface area contributed by atoms with Gasteiger partial charge in [0.2, 0.25) is 5.91 Å². The van der Waals surface area contributed by atoms with Gasteiger partial charge in [-0.2, -0.15) is 5.10 Å². The van der Waals surface area contributed by atoms with Gasteiger partial charge in [0, 0.05) is 18.3 Å². The molecule has 0 spiro atoms. The van der Waals surface area contributed by atoms with Crippen LogP contribution < -0.4 is 15.4 Å². The Hall–Kier alpha value is -2.41. The molecule has 3 rings (SSSR count). The maximum atomic E-state index is 12.2. The number of hydrogen-bond acceptors (Lipinski definition) is 5. The van der Waals surface area contributed by atoms with Gasteiger partial charge in [-0.25, -0.2) is 9.67 Å². The number of carbonyl (C=O) groups is 1. The van der Waals surface area contributed by atoms with Crippen molar-refractivity contribution < 1.29 is 9.53 Å². The van der Waals surface area contributed by atoms with Crippen LogP contribution in [0.15, 0.2) is 36.9 Å². The van der Waals surface area contributed by atoms with E-state index in [4.69, 9.17) is 4.74 Å². The summed E-state index contributed by atoms with van der Waals surface area (Å²) in [4.78, 5) is 16.1. The van der Waals surface area contributed by atoms with Crippen LogP contribution in [-0.2, 0) is 11.3 Å². The van der Waals surface area contributed by atoms with Crippen molar-refractivity contribution in [1.29, 1.82) is 0 Å². The SMILES string of the molecule is O=C(Nc1cccc(OCCn2cncn2)c1)C1CCCNC1. The highest BCUT2D eigenvalue weighted by atomic mass is 16.5. The summed E-state index contributed by atoms with van der Waals surface area (Å²) < 4.78 is 7.40. The van der Waals surface area contributed by atoms with Crippen LogP contribution in [0, 0.1) is 5.92 Å². The Morgan fingerprint density at radius 1 is 1.48 bits per heavy atom. The maximum Gasteiger partial charge on any atom is 0.228 e. The van der Waals surface area contributed by atoms with Gasteiger partial charge in [0.05, 0.1) is 12.5 Å². The zero-order valence-electron chi connectivity index (χ0n) is 12.9. The van der Waals surface area contributed by atoms with Crippen molar-refractivity contribution in [1.82, 2.24) is 20.1 Å². The van der Waals surface area contributed by atoms with Crippen molar-refractivity contribution in [2.24, 2.45) is 5.92 Å². The number of ether oxygens (including phenoxy) is 1. The van der Waals surface area contributed by atoms with E-state index in [1.807, 2.05) is 24.3 Å². The van der Waals surface area contributed by atoms with Gasteiger partial charge in [-0.05, 0) is 31.5 Å². The molecule has 1 aliphatic rings.